The molecule has 0 N–H and O–H groups in total. The minimum atomic E-state index is -0.182. The Labute approximate surface area is 122 Å². The van der Waals surface area contributed by atoms with Gasteiger partial charge in [0.1, 0.15) is 5.82 Å². The molecule has 1 aliphatic heterocycles. The maximum Gasteiger partial charge on any atom is 0.123 e. The number of hydrogen-bond acceptors (Lipinski definition) is 2. The maximum atomic E-state index is 13.4. The highest BCUT2D eigenvalue weighted by atomic mass is 79.9. The molecule has 0 amide bonds. The zero-order valence-electron chi connectivity index (χ0n) is 11.2. The zero-order chi connectivity index (χ0) is 13.8. The molecule has 0 saturated carbocycles. The van der Waals surface area contributed by atoms with Crippen molar-refractivity contribution in [1.29, 1.82) is 0 Å². The van der Waals surface area contributed by atoms with E-state index in [4.69, 9.17) is 0 Å². The van der Waals surface area contributed by atoms with E-state index in [2.05, 4.69) is 38.0 Å². The fourth-order valence-corrected chi connectivity index (χ4v) is 2.44. The van der Waals surface area contributed by atoms with Gasteiger partial charge in [-0.1, -0.05) is 34.1 Å². The minimum Gasteiger partial charge on any atom is -0.365 e. The molecule has 1 aromatic rings. The van der Waals surface area contributed by atoms with Crippen molar-refractivity contribution in [3.05, 3.63) is 58.5 Å². The van der Waals surface area contributed by atoms with E-state index in [1.54, 1.807) is 12.1 Å². The van der Waals surface area contributed by atoms with Gasteiger partial charge in [-0.2, -0.15) is 0 Å². The number of likely N-dealkylation sites (N-methyl/N-ethyl adjacent to an activating group) is 1. The fraction of sp³-hybridized carbons (Fsp3) is 0.333. The van der Waals surface area contributed by atoms with Crippen LogP contribution in [0.4, 0.5) is 4.39 Å². The number of benzene rings is 1. The first-order chi connectivity index (χ1) is 9.06. The topological polar surface area (TPSA) is 6.48 Å². The molecule has 0 aromatic heterocycles. The summed E-state index contributed by atoms with van der Waals surface area (Å²) in [6, 6.07) is 7.01. The molecule has 0 aliphatic carbocycles. The predicted octanol–water partition coefficient (Wildman–Crippen LogP) is 3.54. The van der Waals surface area contributed by atoms with Crippen molar-refractivity contribution in [1.82, 2.24) is 9.80 Å². The van der Waals surface area contributed by atoms with Crippen molar-refractivity contribution in [2.75, 3.05) is 27.2 Å². The van der Waals surface area contributed by atoms with Crippen LogP contribution in [-0.4, -0.2) is 37.0 Å². The molecule has 0 spiro atoms. The molecule has 0 saturated heterocycles. The van der Waals surface area contributed by atoms with Crippen LogP contribution in [0.15, 0.2) is 47.1 Å². The van der Waals surface area contributed by atoms with Gasteiger partial charge in [0.15, 0.2) is 0 Å². The van der Waals surface area contributed by atoms with E-state index in [1.807, 2.05) is 26.2 Å². The van der Waals surface area contributed by atoms with Gasteiger partial charge in [0.05, 0.1) is 6.04 Å². The van der Waals surface area contributed by atoms with E-state index < -0.39 is 0 Å². The summed E-state index contributed by atoms with van der Waals surface area (Å²) in [5, 5.41) is 0. The first-order valence-corrected chi connectivity index (χ1v) is 7.05. The van der Waals surface area contributed by atoms with Crippen molar-refractivity contribution in [2.24, 2.45) is 0 Å². The van der Waals surface area contributed by atoms with E-state index in [-0.39, 0.29) is 11.9 Å². The summed E-state index contributed by atoms with van der Waals surface area (Å²) in [5.74, 6) is -0.182. The first-order valence-electron chi connectivity index (χ1n) is 6.26. The Bertz CT molecular complexity index is 497. The van der Waals surface area contributed by atoms with Crippen molar-refractivity contribution >= 4 is 15.9 Å². The highest BCUT2D eigenvalue weighted by Crippen LogP contribution is 2.25. The fourth-order valence-electron chi connectivity index (χ4n) is 2.18. The first kappa shape index (κ1) is 14.3. The molecule has 19 heavy (non-hydrogen) atoms. The normalized spacial score (nSPS) is 16.7. The molecule has 1 aromatic carbocycles. The highest BCUT2D eigenvalue weighted by Gasteiger charge is 2.19. The summed E-state index contributed by atoms with van der Waals surface area (Å²) in [6.07, 6.45) is 6.19. The molecule has 4 heteroatoms. The molecule has 102 valence electrons. The Morgan fingerprint density at radius 2 is 2.21 bits per heavy atom. The number of allylic oxidation sites excluding steroid dienone is 2. The molecule has 1 heterocycles. The van der Waals surface area contributed by atoms with Gasteiger partial charge in [-0.05, 0) is 37.9 Å². The van der Waals surface area contributed by atoms with Gasteiger partial charge in [0.2, 0.25) is 0 Å². The maximum absolute atomic E-state index is 13.4. The van der Waals surface area contributed by atoms with Crippen LogP contribution in [0.1, 0.15) is 11.6 Å². The lowest BCUT2D eigenvalue weighted by atomic mass is 10.0. The number of halogens is 2. The second-order valence-electron chi connectivity index (χ2n) is 4.93. The largest absolute Gasteiger partial charge is 0.365 e. The van der Waals surface area contributed by atoms with Crippen LogP contribution in [0.2, 0.25) is 0 Å². The van der Waals surface area contributed by atoms with Gasteiger partial charge in [0, 0.05) is 23.8 Å². The molecular weight excluding hydrogens is 307 g/mol. The minimum absolute atomic E-state index is 0.152. The second kappa shape index (κ2) is 6.35. The van der Waals surface area contributed by atoms with Crippen LogP contribution in [0.5, 0.6) is 0 Å². The Morgan fingerprint density at radius 1 is 1.42 bits per heavy atom. The molecule has 0 bridgehead atoms. The van der Waals surface area contributed by atoms with Crippen LogP contribution in [0, 0.1) is 5.82 Å². The summed E-state index contributed by atoms with van der Waals surface area (Å²) >= 11 is 3.46. The van der Waals surface area contributed by atoms with Gasteiger partial charge in [0.25, 0.3) is 0 Å². The molecule has 1 unspecified atom stereocenters. The van der Waals surface area contributed by atoms with E-state index in [0.29, 0.717) is 0 Å². The zero-order valence-corrected chi connectivity index (χ0v) is 12.8. The van der Waals surface area contributed by atoms with Gasteiger partial charge < -0.3 is 9.80 Å². The van der Waals surface area contributed by atoms with Crippen LogP contribution in [0.3, 0.4) is 0 Å². The summed E-state index contributed by atoms with van der Waals surface area (Å²) in [4.78, 5) is 4.34. The highest BCUT2D eigenvalue weighted by molar-refractivity contribution is 9.11. The van der Waals surface area contributed by atoms with Crippen LogP contribution in [-0.2, 0) is 0 Å². The molecule has 2 nitrogen and oxygen atoms in total. The van der Waals surface area contributed by atoms with Crippen LogP contribution < -0.4 is 0 Å². The lowest BCUT2D eigenvalue weighted by Crippen LogP contribution is -2.33. The summed E-state index contributed by atoms with van der Waals surface area (Å²) in [6.45, 7) is 1.67. The van der Waals surface area contributed by atoms with Crippen molar-refractivity contribution in [3.63, 3.8) is 0 Å². The van der Waals surface area contributed by atoms with Crippen LogP contribution >= 0.6 is 15.9 Å². The number of nitrogens with zero attached hydrogens (tertiary/aromatic N) is 2. The molecule has 2 rings (SSSR count). The Morgan fingerprint density at radius 3 is 2.79 bits per heavy atom. The lowest BCUT2D eigenvalue weighted by Gasteiger charge is -2.33. The van der Waals surface area contributed by atoms with Gasteiger partial charge in [-0.3, -0.25) is 0 Å². The standard InChI is InChI=1S/C15H18BrFN2/c1-18(2)11-15(12-4-3-5-14(17)10-12)19-8-6-13(16)7-9-19/h3-8,10,15H,9,11H2,1-2H3. The molecule has 0 fully saturated rings. The number of hydrogen-bond donors (Lipinski definition) is 0. The average molecular weight is 325 g/mol. The smallest absolute Gasteiger partial charge is 0.123 e. The van der Waals surface area contributed by atoms with E-state index >= 15 is 0 Å². The third-order valence-corrected chi connectivity index (χ3v) is 3.68. The second-order valence-corrected chi connectivity index (χ2v) is 5.85. The van der Waals surface area contributed by atoms with Crippen molar-refractivity contribution in [2.45, 2.75) is 6.04 Å². The quantitative estimate of drug-likeness (QED) is 0.835. The SMILES string of the molecule is CN(C)CC(c1cccc(F)c1)N1C=CC(Br)=CC1. The summed E-state index contributed by atoms with van der Waals surface area (Å²) in [7, 11) is 4.07. The van der Waals surface area contributed by atoms with Crippen molar-refractivity contribution < 1.29 is 4.39 Å². The predicted molar refractivity (Wildman–Crippen MR) is 80.6 cm³/mol. The van der Waals surface area contributed by atoms with Crippen molar-refractivity contribution in [3.8, 4) is 0 Å². The average Bonchev–Trinajstić information content (AvgIpc) is 2.37. The molecule has 1 atom stereocenters. The van der Waals surface area contributed by atoms with E-state index in [9.17, 15) is 4.39 Å². The van der Waals surface area contributed by atoms with Gasteiger partial charge in [-0.15, -0.1) is 0 Å². The molecule has 0 radical (unpaired) electrons. The number of rotatable bonds is 4. The summed E-state index contributed by atoms with van der Waals surface area (Å²) in [5.41, 5.74) is 1.00. The Kier molecular flexibility index (Phi) is 4.77. The molecular formula is C15H18BrFN2. The third-order valence-electron chi connectivity index (χ3n) is 3.09. The Hall–Kier alpha value is -1.13. The van der Waals surface area contributed by atoms with E-state index in [0.717, 1.165) is 23.1 Å². The third kappa shape index (κ3) is 3.91. The summed E-state index contributed by atoms with van der Waals surface area (Å²) < 4.78 is 14.5. The van der Waals surface area contributed by atoms with Gasteiger partial charge >= 0.3 is 0 Å². The van der Waals surface area contributed by atoms with Gasteiger partial charge in [-0.25, -0.2) is 4.39 Å². The molecule has 1 aliphatic rings. The lowest BCUT2D eigenvalue weighted by molar-refractivity contribution is 0.235. The van der Waals surface area contributed by atoms with E-state index in [1.165, 1.54) is 6.07 Å². The Balaban J connectivity index is 2.24. The monoisotopic (exact) mass is 324 g/mol. The van der Waals surface area contributed by atoms with Crippen LogP contribution in [0.25, 0.3) is 0 Å².